The lowest BCUT2D eigenvalue weighted by molar-refractivity contribution is 0.180. The minimum absolute atomic E-state index is 0.783. The van der Waals surface area contributed by atoms with Gasteiger partial charge in [-0.05, 0) is 38.4 Å². The van der Waals surface area contributed by atoms with Crippen LogP contribution in [0.3, 0.4) is 0 Å². The van der Waals surface area contributed by atoms with Crippen molar-refractivity contribution in [3.05, 3.63) is 0 Å². The van der Waals surface area contributed by atoms with Crippen molar-refractivity contribution in [1.82, 2.24) is 10.2 Å². The quantitative estimate of drug-likeness (QED) is 0.697. The SMILES string of the molecule is CCNCC(C)CN(CC)C1CCCC1. The molecular formula is C13H28N2. The van der Waals surface area contributed by atoms with Gasteiger partial charge in [-0.2, -0.15) is 0 Å². The zero-order valence-electron chi connectivity index (χ0n) is 10.8. The number of nitrogens with one attached hydrogen (secondary N) is 1. The van der Waals surface area contributed by atoms with Crippen LogP contribution >= 0.6 is 0 Å². The minimum Gasteiger partial charge on any atom is -0.317 e. The van der Waals surface area contributed by atoms with Gasteiger partial charge in [-0.25, -0.2) is 0 Å². The molecular weight excluding hydrogens is 184 g/mol. The van der Waals surface area contributed by atoms with Crippen molar-refractivity contribution in [3.63, 3.8) is 0 Å². The Labute approximate surface area is 95.4 Å². The molecule has 1 rings (SSSR count). The first-order chi connectivity index (χ1) is 7.27. The fraction of sp³-hybridized carbons (Fsp3) is 1.00. The Balaban J connectivity index is 2.25. The molecule has 0 aliphatic heterocycles. The molecule has 90 valence electrons. The second kappa shape index (κ2) is 7.24. The van der Waals surface area contributed by atoms with Crippen molar-refractivity contribution in [3.8, 4) is 0 Å². The summed E-state index contributed by atoms with van der Waals surface area (Å²) in [7, 11) is 0. The van der Waals surface area contributed by atoms with E-state index in [2.05, 4.69) is 31.0 Å². The van der Waals surface area contributed by atoms with Gasteiger partial charge in [0.2, 0.25) is 0 Å². The summed E-state index contributed by atoms with van der Waals surface area (Å²) in [5.74, 6) is 0.783. The molecule has 1 fully saturated rings. The van der Waals surface area contributed by atoms with Crippen molar-refractivity contribution in [1.29, 1.82) is 0 Å². The van der Waals surface area contributed by atoms with Gasteiger partial charge in [-0.1, -0.05) is 33.6 Å². The van der Waals surface area contributed by atoms with Crippen LogP contribution in [0.5, 0.6) is 0 Å². The summed E-state index contributed by atoms with van der Waals surface area (Å²) < 4.78 is 0. The average molecular weight is 212 g/mol. The predicted octanol–water partition coefficient (Wildman–Crippen LogP) is 2.50. The lowest BCUT2D eigenvalue weighted by Gasteiger charge is -2.30. The van der Waals surface area contributed by atoms with Crippen molar-refractivity contribution in [2.45, 2.75) is 52.5 Å². The molecule has 15 heavy (non-hydrogen) atoms. The molecule has 0 saturated heterocycles. The minimum atomic E-state index is 0.783. The predicted molar refractivity (Wildman–Crippen MR) is 67.2 cm³/mol. The van der Waals surface area contributed by atoms with Crippen molar-refractivity contribution in [2.75, 3.05) is 26.2 Å². The highest BCUT2D eigenvalue weighted by molar-refractivity contribution is 4.78. The Morgan fingerprint density at radius 2 is 1.93 bits per heavy atom. The van der Waals surface area contributed by atoms with E-state index in [-0.39, 0.29) is 0 Å². The van der Waals surface area contributed by atoms with E-state index < -0.39 is 0 Å². The first kappa shape index (κ1) is 13.0. The van der Waals surface area contributed by atoms with Crippen molar-refractivity contribution in [2.24, 2.45) is 5.92 Å². The fourth-order valence-corrected chi connectivity index (χ4v) is 2.66. The Kier molecular flexibility index (Phi) is 6.26. The Hall–Kier alpha value is -0.0800. The molecule has 0 aromatic heterocycles. The van der Waals surface area contributed by atoms with Crippen molar-refractivity contribution < 1.29 is 0 Å². The van der Waals surface area contributed by atoms with Crippen LogP contribution in [0.4, 0.5) is 0 Å². The molecule has 1 unspecified atom stereocenters. The maximum Gasteiger partial charge on any atom is 0.00952 e. The van der Waals surface area contributed by atoms with E-state index in [4.69, 9.17) is 0 Å². The lowest BCUT2D eigenvalue weighted by Crippen LogP contribution is -2.39. The van der Waals surface area contributed by atoms with Crippen LogP contribution in [0.2, 0.25) is 0 Å². The third kappa shape index (κ3) is 4.52. The summed E-state index contributed by atoms with van der Waals surface area (Å²) in [4.78, 5) is 2.69. The number of rotatable bonds is 7. The summed E-state index contributed by atoms with van der Waals surface area (Å²) >= 11 is 0. The van der Waals surface area contributed by atoms with Gasteiger partial charge >= 0.3 is 0 Å². The molecule has 1 aliphatic rings. The van der Waals surface area contributed by atoms with E-state index in [0.717, 1.165) is 18.5 Å². The number of hydrogen-bond acceptors (Lipinski definition) is 2. The topological polar surface area (TPSA) is 15.3 Å². The van der Waals surface area contributed by atoms with E-state index in [9.17, 15) is 0 Å². The fourth-order valence-electron chi connectivity index (χ4n) is 2.66. The van der Waals surface area contributed by atoms with Crippen LogP contribution in [0.1, 0.15) is 46.5 Å². The van der Waals surface area contributed by atoms with Gasteiger partial charge < -0.3 is 10.2 Å². The summed E-state index contributed by atoms with van der Waals surface area (Å²) in [6.07, 6.45) is 5.76. The first-order valence-corrected chi connectivity index (χ1v) is 6.72. The molecule has 2 heteroatoms. The maximum atomic E-state index is 3.44. The second-order valence-corrected chi connectivity index (χ2v) is 4.94. The zero-order valence-corrected chi connectivity index (χ0v) is 10.8. The highest BCUT2D eigenvalue weighted by atomic mass is 15.2. The second-order valence-electron chi connectivity index (χ2n) is 4.94. The summed E-state index contributed by atoms with van der Waals surface area (Å²) in [6.45, 7) is 11.6. The van der Waals surface area contributed by atoms with E-state index >= 15 is 0 Å². The Morgan fingerprint density at radius 1 is 1.27 bits per heavy atom. The molecule has 0 radical (unpaired) electrons. The molecule has 0 aromatic carbocycles. The van der Waals surface area contributed by atoms with Crippen LogP contribution in [-0.4, -0.2) is 37.1 Å². The molecule has 1 atom stereocenters. The standard InChI is InChI=1S/C13H28N2/c1-4-14-10-12(3)11-15(5-2)13-8-6-7-9-13/h12-14H,4-11H2,1-3H3. The van der Waals surface area contributed by atoms with Gasteiger partial charge in [0.05, 0.1) is 0 Å². The van der Waals surface area contributed by atoms with Crippen LogP contribution < -0.4 is 5.32 Å². The smallest absolute Gasteiger partial charge is 0.00952 e. The van der Waals surface area contributed by atoms with E-state index in [1.54, 1.807) is 0 Å². The number of nitrogens with zero attached hydrogens (tertiary/aromatic N) is 1. The molecule has 0 amide bonds. The van der Waals surface area contributed by atoms with E-state index in [0.29, 0.717) is 0 Å². The molecule has 1 N–H and O–H groups in total. The Morgan fingerprint density at radius 3 is 2.47 bits per heavy atom. The number of hydrogen-bond donors (Lipinski definition) is 1. The third-order valence-corrected chi connectivity index (χ3v) is 3.54. The lowest BCUT2D eigenvalue weighted by atomic mass is 10.1. The Bertz CT molecular complexity index is 153. The van der Waals surface area contributed by atoms with Crippen LogP contribution in [0.15, 0.2) is 0 Å². The molecule has 2 nitrogen and oxygen atoms in total. The van der Waals surface area contributed by atoms with Gasteiger partial charge in [-0.3, -0.25) is 0 Å². The summed E-state index contributed by atoms with van der Waals surface area (Å²) in [6, 6.07) is 0.888. The molecule has 0 bridgehead atoms. The summed E-state index contributed by atoms with van der Waals surface area (Å²) in [5, 5.41) is 3.44. The van der Waals surface area contributed by atoms with Gasteiger partial charge in [0.25, 0.3) is 0 Å². The molecule has 0 spiro atoms. The largest absolute Gasteiger partial charge is 0.317 e. The zero-order chi connectivity index (χ0) is 11.1. The van der Waals surface area contributed by atoms with Gasteiger partial charge in [0, 0.05) is 12.6 Å². The normalized spacial score (nSPS) is 20.0. The molecule has 1 saturated carbocycles. The van der Waals surface area contributed by atoms with Crippen LogP contribution in [0, 0.1) is 5.92 Å². The average Bonchev–Trinajstić information content (AvgIpc) is 2.76. The van der Waals surface area contributed by atoms with E-state index in [1.807, 2.05) is 0 Å². The monoisotopic (exact) mass is 212 g/mol. The van der Waals surface area contributed by atoms with Gasteiger partial charge in [0.1, 0.15) is 0 Å². The van der Waals surface area contributed by atoms with E-state index in [1.165, 1.54) is 45.3 Å². The van der Waals surface area contributed by atoms with Crippen LogP contribution in [0.25, 0.3) is 0 Å². The maximum absolute atomic E-state index is 3.44. The molecule has 1 aliphatic carbocycles. The molecule has 0 aromatic rings. The first-order valence-electron chi connectivity index (χ1n) is 6.72. The van der Waals surface area contributed by atoms with Crippen molar-refractivity contribution >= 4 is 0 Å². The molecule has 0 heterocycles. The third-order valence-electron chi connectivity index (χ3n) is 3.54. The highest BCUT2D eigenvalue weighted by Crippen LogP contribution is 2.23. The van der Waals surface area contributed by atoms with Gasteiger partial charge in [-0.15, -0.1) is 0 Å². The summed E-state index contributed by atoms with van der Waals surface area (Å²) in [5.41, 5.74) is 0. The highest BCUT2D eigenvalue weighted by Gasteiger charge is 2.22. The van der Waals surface area contributed by atoms with Crippen LogP contribution in [-0.2, 0) is 0 Å². The van der Waals surface area contributed by atoms with Gasteiger partial charge in [0.15, 0.2) is 0 Å².